The molecule has 0 radical (unpaired) electrons. The molecule has 0 amide bonds. The van der Waals surface area contributed by atoms with Crippen molar-refractivity contribution in [2.75, 3.05) is 26.0 Å². The molecular weight excluding hydrogens is 264 g/mol. The minimum atomic E-state index is 0.545. The van der Waals surface area contributed by atoms with Crippen LogP contribution in [0.4, 0.5) is 11.8 Å². The highest BCUT2D eigenvalue weighted by Gasteiger charge is 2.10. The topological polar surface area (TPSA) is 80.6 Å². The predicted octanol–water partition coefficient (Wildman–Crippen LogP) is 2.14. The monoisotopic (exact) mass is 284 g/mol. The number of aromatic nitrogens is 3. The zero-order valence-corrected chi connectivity index (χ0v) is 12.9. The van der Waals surface area contributed by atoms with Crippen LogP contribution in [0.1, 0.15) is 22.5 Å². The van der Waals surface area contributed by atoms with Crippen LogP contribution < -0.4 is 5.32 Å². The summed E-state index contributed by atoms with van der Waals surface area (Å²) in [5.41, 5.74) is 3.38. The Bertz CT molecular complexity index is 665. The molecule has 2 heterocycles. The first-order valence-corrected chi connectivity index (χ1v) is 6.83. The molecule has 2 aromatic rings. The van der Waals surface area contributed by atoms with Crippen molar-refractivity contribution < 1.29 is 0 Å². The molecule has 110 valence electrons. The van der Waals surface area contributed by atoms with Crippen LogP contribution in [-0.2, 0) is 6.42 Å². The molecule has 0 aliphatic heterocycles. The highest BCUT2D eigenvalue weighted by molar-refractivity contribution is 5.61. The normalized spacial score (nSPS) is 10.7. The lowest BCUT2D eigenvalue weighted by atomic mass is 10.1. The minimum Gasteiger partial charge on any atom is -0.328 e. The molecule has 0 atom stereocenters. The van der Waals surface area contributed by atoms with Gasteiger partial charge in [0.25, 0.3) is 0 Å². The Kier molecular flexibility index (Phi) is 4.55. The molecule has 0 aromatic carbocycles. The number of nitrogens with one attached hydrogen (secondary N) is 2. The molecule has 0 fully saturated rings. The third kappa shape index (κ3) is 3.80. The number of anilines is 2. The highest BCUT2D eigenvalue weighted by atomic mass is 15.2. The van der Waals surface area contributed by atoms with Gasteiger partial charge in [0.15, 0.2) is 5.82 Å². The average Bonchev–Trinajstić information content (AvgIpc) is 2.83. The molecule has 0 saturated heterocycles. The molecular formula is C15H20N6. The standard InChI is InChI=1S/C15H20N6/c1-10-7-11(2)18-14(13(10)8-16)20-15-17-9-12(19-15)5-6-21(3)4/h7,9H,5-6H2,1-4H3,(H2,17,18,19,20). The number of nitriles is 1. The summed E-state index contributed by atoms with van der Waals surface area (Å²) >= 11 is 0. The molecule has 0 saturated carbocycles. The average molecular weight is 284 g/mol. The summed E-state index contributed by atoms with van der Waals surface area (Å²) in [6.45, 7) is 4.76. The second-order valence-electron chi connectivity index (χ2n) is 5.35. The number of aryl methyl sites for hydroxylation is 2. The largest absolute Gasteiger partial charge is 0.328 e. The van der Waals surface area contributed by atoms with Crippen molar-refractivity contribution >= 4 is 11.8 Å². The van der Waals surface area contributed by atoms with E-state index in [-0.39, 0.29) is 0 Å². The third-order valence-electron chi connectivity index (χ3n) is 3.15. The van der Waals surface area contributed by atoms with E-state index in [1.807, 2.05) is 34.0 Å². The molecule has 0 unspecified atom stereocenters. The fraction of sp³-hybridized carbons (Fsp3) is 0.400. The van der Waals surface area contributed by atoms with Gasteiger partial charge >= 0.3 is 0 Å². The third-order valence-corrected chi connectivity index (χ3v) is 3.15. The Balaban J connectivity index is 2.17. The van der Waals surface area contributed by atoms with Gasteiger partial charge in [-0.2, -0.15) is 5.26 Å². The predicted molar refractivity (Wildman–Crippen MR) is 82.6 cm³/mol. The summed E-state index contributed by atoms with van der Waals surface area (Å²) in [6, 6.07) is 4.08. The van der Waals surface area contributed by atoms with Gasteiger partial charge < -0.3 is 15.2 Å². The fourth-order valence-corrected chi connectivity index (χ4v) is 2.07. The Morgan fingerprint density at radius 1 is 1.38 bits per heavy atom. The first kappa shape index (κ1) is 15.0. The maximum absolute atomic E-state index is 9.25. The lowest BCUT2D eigenvalue weighted by Gasteiger charge is -2.08. The van der Waals surface area contributed by atoms with Crippen LogP contribution in [0.3, 0.4) is 0 Å². The van der Waals surface area contributed by atoms with Crippen molar-refractivity contribution in [3.05, 3.63) is 34.8 Å². The van der Waals surface area contributed by atoms with Crippen molar-refractivity contribution in [3.8, 4) is 6.07 Å². The van der Waals surface area contributed by atoms with Crippen LogP contribution in [0.15, 0.2) is 12.3 Å². The molecule has 2 N–H and O–H groups in total. The molecule has 6 heteroatoms. The van der Waals surface area contributed by atoms with Crippen molar-refractivity contribution in [3.63, 3.8) is 0 Å². The van der Waals surface area contributed by atoms with E-state index >= 15 is 0 Å². The van der Waals surface area contributed by atoms with Gasteiger partial charge in [-0.25, -0.2) is 9.97 Å². The number of imidazole rings is 1. The van der Waals surface area contributed by atoms with E-state index in [2.05, 4.69) is 31.2 Å². The quantitative estimate of drug-likeness (QED) is 0.879. The molecule has 0 aliphatic carbocycles. The highest BCUT2D eigenvalue weighted by Crippen LogP contribution is 2.20. The molecule has 0 bridgehead atoms. The Hall–Kier alpha value is -2.39. The van der Waals surface area contributed by atoms with E-state index in [9.17, 15) is 5.26 Å². The van der Waals surface area contributed by atoms with Crippen LogP contribution in [-0.4, -0.2) is 40.5 Å². The van der Waals surface area contributed by atoms with Gasteiger partial charge in [-0.15, -0.1) is 0 Å². The number of nitrogens with zero attached hydrogens (tertiary/aromatic N) is 4. The lowest BCUT2D eigenvalue weighted by molar-refractivity contribution is 0.412. The maximum atomic E-state index is 9.25. The number of pyridine rings is 1. The molecule has 21 heavy (non-hydrogen) atoms. The number of likely N-dealkylation sites (N-methyl/N-ethyl adjacent to an activating group) is 1. The summed E-state index contributed by atoms with van der Waals surface area (Å²) in [5.74, 6) is 1.15. The van der Waals surface area contributed by atoms with Crippen LogP contribution in [0.5, 0.6) is 0 Å². The second kappa shape index (κ2) is 6.37. The van der Waals surface area contributed by atoms with E-state index in [1.165, 1.54) is 0 Å². The van der Waals surface area contributed by atoms with Gasteiger partial charge in [-0.05, 0) is 39.6 Å². The summed E-state index contributed by atoms with van der Waals surface area (Å²) in [4.78, 5) is 14.0. The Morgan fingerprint density at radius 2 is 2.14 bits per heavy atom. The lowest BCUT2D eigenvalue weighted by Crippen LogP contribution is -2.15. The van der Waals surface area contributed by atoms with Crippen molar-refractivity contribution in [1.29, 1.82) is 5.26 Å². The number of aromatic amines is 1. The minimum absolute atomic E-state index is 0.545. The van der Waals surface area contributed by atoms with E-state index in [0.29, 0.717) is 17.3 Å². The van der Waals surface area contributed by atoms with Crippen molar-refractivity contribution in [1.82, 2.24) is 19.9 Å². The zero-order valence-electron chi connectivity index (χ0n) is 12.9. The van der Waals surface area contributed by atoms with Crippen molar-refractivity contribution in [2.24, 2.45) is 0 Å². The first-order valence-electron chi connectivity index (χ1n) is 6.83. The number of hydrogen-bond donors (Lipinski definition) is 2. The van der Waals surface area contributed by atoms with Crippen LogP contribution in [0.2, 0.25) is 0 Å². The summed E-state index contributed by atoms with van der Waals surface area (Å²) in [7, 11) is 4.07. The van der Waals surface area contributed by atoms with E-state index in [0.717, 1.165) is 29.9 Å². The van der Waals surface area contributed by atoms with Gasteiger partial charge in [-0.1, -0.05) is 0 Å². The second-order valence-corrected chi connectivity index (χ2v) is 5.35. The Labute approximate surface area is 124 Å². The van der Waals surface area contributed by atoms with Gasteiger partial charge in [0.2, 0.25) is 5.95 Å². The zero-order chi connectivity index (χ0) is 15.4. The molecule has 2 rings (SSSR count). The summed E-state index contributed by atoms with van der Waals surface area (Å²) in [6.07, 6.45) is 2.70. The van der Waals surface area contributed by atoms with Gasteiger partial charge in [0.05, 0.1) is 11.8 Å². The van der Waals surface area contributed by atoms with Crippen LogP contribution in [0, 0.1) is 25.2 Å². The molecule has 2 aromatic heterocycles. The van der Waals surface area contributed by atoms with Crippen LogP contribution >= 0.6 is 0 Å². The molecule has 6 nitrogen and oxygen atoms in total. The molecule has 0 spiro atoms. The summed E-state index contributed by atoms with van der Waals surface area (Å²) in [5, 5.41) is 12.4. The van der Waals surface area contributed by atoms with Gasteiger partial charge in [0, 0.05) is 24.4 Å². The van der Waals surface area contributed by atoms with E-state index in [4.69, 9.17) is 0 Å². The SMILES string of the molecule is Cc1cc(C)c(C#N)c(Nc2ncc(CCN(C)C)[nH]2)n1. The van der Waals surface area contributed by atoms with Gasteiger partial charge in [-0.3, -0.25) is 0 Å². The first-order chi connectivity index (χ1) is 9.99. The van der Waals surface area contributed by atoms with E-state index < -0.39 is 0 Å². The number of hydrogen-bond acceptors (Lipinski definition) is 5. The maximum Gasteiger partial charge on any atom is 0.206 e. The molecule has 0 aliphatic rings. The Morgan fingerprint density at radius 3 is 2.81 bits per heavy atom. The van der Waals surface area contributed by atoms with Crippen molar-refractivity contribution in [2.45, 2.75) is 20.3 Å². The number of H-pyrrole nitrogens is 1. The summed E-state index contributed by atoms with van der Waals surface area (Å²) < 4.78 is 0. The van der Waals surface area contributed by atoms with Crippen LogP contribution in [0.25, 0.3) is 0 Å². The fourth-order valence-electron chi connectivity index (χ4n) is 2.07. The van der Waals surface area contributed by atoms with E-state index in [1.54, 1.807) is 6.20 Å². The smallest absolute Gasteiger partial charge is 0.206 e. The van der Waals surface area contributed by atoms with Gasteiger partial charge in [0.1, 0.15) is 6.07 Å². The number of rotatable bonds is 5.